The Hall–Kier alpha value is -1.64. The average Bonchev–Trinajstić information content (AvgIpc) is 2.95. The van der Waals surface area contributed by atoms with Crippen molar-refractivity contribution in [3.05, 3.63) is 40.7 Å². The van der Waals surface area contributed by atoms with Crippen molar-refractivity contribution in [2.45, 2.75) is 43.5 Å². The third-order valence-corrected chi connectivity index (χ3v) is 7.71. The lowest BCUT2D eigenvalue weighted by atomic mass is 10.3. The summed E-state index contributed by atoms with van der Waals surface area (Å²) in [5, 5.41) is 2.67. The van der Waals surface area contributed by atoms with Crippen LogP contribution in [0.4, 0.5) is 0 Å². The summed E-state index contributed by atoms with van der Waals surface area (Å²) in [4.78, 5) is 11.8. The van der Waals surface area contributed by atoms with Crippen LogP contribution in [0.1, 0.15) is 42.6 Å². The number of nitrogens with one attached hydrogen (secondary N) is 1. The van der Waals surface area contributed by atoms with E-state index in [0.29, 0.717) is 24.1 Å². The van der Waals surface area contributed by atoms with E-state index in [9.17, 15) is 13.2 Å². The van der Waals surface area contributed by atoms with Gasteiger partial charge in [-0.25, -0.2) is 8.42 Å². The van der Waals surface area contributed by atoms with Crippen molar-refractivity contribution < 1.29 is 17.6 Å². The molecule has 2 atom stereocenters. The minimum Gasteiger partial charge on any atom is -0.464 e. The Morgan fingerprint density at radius 3 is 2.72 bits per heavy atom. The lowest BCUT2D eigenvalue weighted by molar-refractivity contribution is -0.119. The molecule has 0 saturated heterocycles. The second-order valence-electron chi connectivity index (χ2n) is 6.52. The van der Waals surface area contributed by atoms with Crippen LogP contribution in [0, 0.1) is 5.92 Å². The Kier molecular flexibility index (Phi) is 5.04. The Labute approximate surface area is 151 Å². The molecule has 8 heteroatoms. The smallest absolute Gasteiger partial charge is 0.252 e. The highest BCUT2D eigenvalue weighted by Gasteiger charge is 2.36. The predicted molar refractivity (Wildman–Crippen MR) is 95.7 cm³/mol. The van der Waals surface area contributed by atoms with Gasteiger partial charge in [-0.3, -0.25) is 4.79 Å². The molecule has 0 spiro atoms. The first-order valence-electron chi connectivity index (χ1n) is 8.15. The van der Waals surface area contributed by atoms with E-state index in [4.69, 9.17) is 4.42 Å². The fourth-order valence-electron chi connectivity index (χ4n) is 2.66. The van der Waals surface area contributed by atoms with Crippen molar-refractivity contribution in [1.29, 1.82) is 0 Å². The number of sulfonamides is 1. The van der Waals surface area contributed by atoms with Gasteiger partial charge in [-0.1, -0.05) is 6.92 Å². The van der Waals surface area contributed by atoms with E-state index in [1.807, 2.05) is 12.1 Å². The molecule has 0 unspecified atom stereocenters. The Morgan fingerprint density at radius 1 is 1.36 bits per heavy atom. The molecule has 136 valence electrons. The van der Waals surface area contributed by atoms with E-state index >= 15 is 0 Å². The number of rotatable bonds is 7. The second kappa shape index (κ2) is 6.93. The molecule has 1 aliphatic carbocycles. The van der Waals surface area contributed by atoms with Crippen molar-refractivity contribution >= 4 is 27.3 Å². The normalized spacial score (nSPS) is 20.0. The number of nitrogens with zero attached hydrogens (tertiary/aromatic N) is 1. The molecular weight excluding hydrogens is 360 g/mol. The summed E-state index contributed by atoms with van der Waals surface area (Å²) in [5.41, 5.74) is 0. The Balaban J connectivity index is 1.66. The molecule has 1 amide bonds. The molecule has 0 aliphatic heterocycles. The summed E-state index contributed by atoms with van der Waals surface area (Å²) in [6.07, 6.45) is 1.13. The molecule has 0 bridgehead atoms. The van der Waals surface area contributed by atoms with Gasteiger partial charge in [0.2, 0.25) is 5.91 Å². The largest absolute Gasteiger partial charge is 0.464 e. The van der Waals surface area contributed by atoms with Crippen molar-refractivity contribution in [1.82, 2.24) is 9.62 Å². The molecule has 2 aromatic rings. The first-order chi connectivity index (χ1) is 11.8. The number of hydrogen-bond acceptors (Lipinski definition) is 5. The first-order valence-corrected chi connectivity index (χ1v) is 10.4. The fourth-order valence-corrected chi connectivity index (χ4v) is 5.30. The number of carbonyl (C=O) groups excluding carboxylic acids is 1. The Morgan fingerprint density at radius 2 is 2.08 bits per heavy atom. The summed E-state index contributed by atoms with van der Waals surface area (Å²) < 4.78 is 32.8. The molecule has 1 aliphatic rings. The quantitative estimate of drug-likeness (QED) is 0.798. The lowest BCUT2D eigenvalue weighted by Crippen LogP contribution is -2.25. The third kappa shape index (κ3) is 4.13. The number of hydrogen-bond donors (Lipinski definition) is 1. The maximum atomic E-state index is 12.7. The van der Waals surface area contributed by atoms with Crippen molar-refractivity contribution in [3.63, 3.8) is 0 Å². The number of thiophene rings is 1. The van der Waals surface area contributed by atoms with Crippen molar-refractivity contribution in [2.24, 2.45) is 5.92 Å². The molecule has 0 radical (unpaired) electrons. The molecule has 0 aromatic carbocycles. The van der Waals surface area contributed by atoms with E-state index in [1.165, 1.54) is 22.6 Å². The van der Waals surface area contributed by atoms with Gasteiger partial charge in [-0.15, -0.1) is 11.3 Å². The molecule has 1 fully saturated rings. The zero-order valence-corrected chi connectivity index (χ0v) is 16.1. The highest BCUT2D eigenvalue weighted by molar-refractivity contribution is 7.91. The number of furan rings is 1. The molecule has 2 aromatic heterocycles. The first kappa shape index (κ1) is 18.2. The topological polar surface area (TPSA) is 79.6 Å². The van der Waals surface area contributed by atoms with Gasteiger partial charge in [-0.05, 0) is 36.6 Å². The van der Waals surface area contributed by atoms with Gasteiger partial charge in [0, 0.05) is 24.8 Å². The van der Waals surface area contributed by atoms with Crippen LogP contribution in [-0.2, 0) is 27.9 Å². The van der Waals surface area contributed by atoms with Gasteiger partial charge in [0.25, 0.3) is 10.0 Å². The van der Waals surface area contributed by atoms with E-state index in [0.717, 1.165) is 17.1 Å². The second-order valence-corrected chi connectivity index (χ2v) is 9.96. The van der Waals surface area contributed by atoms with Crippen LogP contribution in [0.5, 0.6) is 0 Å². The summed E-state index contributed by atoms with van der Waals surface area (Å²) in [7, 11) is -2.04. The summed E-state index contributed by atoms with van der Waals surface area (Å²) in [6.45, 7) is 4.14. The maximum Gasteiger partial charge on any atom is 0.252 e. The minimum absolute atomic E-state index is 0.145. The highest BCUT2D eigenvalue weighted by Crippen LogP contribution is 2.47. The monoisotopic (exact) mass is 382 g/mol. The van der Waals surface area contributed by atoms with E-state index in [-0.39, 0.29) is 16.7 Å². The Bertz CT molecular complexity index is 869. The van der Waals surface area contributed by atoms with Crippen molar-refractivity contribution in [3.8, 4) is 0 Å². The highest BCUT2D eigenvalue weighted by atomic mass is 32.2. The van der Waals surface area contributed by atoms with E-state index in [1.54, 1.807) is 19.2 Å². The number of carbonyl (C=O) groups is 1. The maximum absolute atomic E-state index is 12.7. The number of amides is 1. The van der Waals surface area contributed by atoms with Gasteiger partial charge in [0.05, 0.1) is 13.1 Å². The summed E-state index contributed by atoms with van der Waals surface area (Å²) in [5.74, 6) is 2.57. The van der Waals surface area contributed by atoms with E-state index in [2.05, 4.69) is 12.2 Å². The molecule has 6 nitrogen and oxygen atoms in total. The molecule has 25 heavy (non-hydrogen) atoms. The van der Waals surface area contributed by atoms with Gasteiger partial charge in [0.15, 0.2) is 0 Å². The van der Waals surface area contributed by atoms with Crippen LogP contribution in [0.25, 0.3) is 0 Å². The standard InChI is InChI=1S/C17H22N2O4S2/c1-11-8-15(11)16-6-4-13(23-16)10-19(3)25(21,22)17-7-5-14(24-17)9-18-12(2)20/h4-7,11,15H,8-10H2,1-3H3,(H,18,20)/t11-,15-/m1/s1. The lowest BCUT2D eigenvalue weighted by Gasteiger charge is -2.14. The van der Waals surface area contributed by atoms with Crippen LogP contribution >= 0.6 is 11.3 Å². The molecule has 1 saturated carbocycles. The zero-order chi connectivity index (χ0) is 18.2. The van der Waals surface area contributed by atoms with Crippen LogP contribution in [0.2, 0.25) is 0 Å². The average molecular weight is 383 g/mol. The van der Waals surface area contributed by atoms with E-state index < -0.39 is 10.0 Å². The van der Waals surface area contributed by atoms with Gasteiger partial charge in [-0.2, -0.15) is 4.31 Å². The van der Waals surface area contributed by atoms with Crippen LogP contribution in [-0.4, -0.2) is 25.7 Å². The SMILES string of the molecule is CC(=O)NCc1ccc(S(=O)(=O)N(C)Cc2ccc([C@@H]3C[C@H]3C)o2)s1. The molecule has 1 N–H and O–H groups in total. The fraction of sp³-hybridized carbons (Fsp3) is 0.471. The zero-order valence-electron chi connectivity index (χ0n) is 14.5. The summed E-state index contributed by atoms with van der Waals surface area (Å²) in [6, 6.07) is 7.09. The van der Waals surface area contributed by atoms with Gasteiger partial charge >= 0.3 is 0 Å². The van der Waals surface area contributed by atoms with Gasteiger partial charge < -0.3 is 9.73 Å². The third-order valence-electron chi connectivity index (χ3n) is 4.35. The molecular formula is C17H22N2O4S2. The molecule has 2 heterocycles. The van der Waals surface area contributed by atoms with Crippen LogP contribution in [0.15, 0.2) is 32.9 Å². The van der Waals surface area contributed by atoms with Crippen LogP contribution in [0.3, 0.4) is 0 Å². The predicted octanol–water partition coefficient (Wildman–Crippen LogP) is 2.92. The molecule has 3 rings (SSSR count). The van der Waals surface area contributed by atoms with Crippen molar-refractivity contribution in [2.75, 3.05) is 7.05 Å². The van der Waals surface area contributed by atoms with Crippen LogP contribution < -0.4 is 5.32 Å². The van der Waals surface area contributed by atoms with Gasteiger partial charge in [0.1, 0.15) is 15.7 Å². The summed E-state index contributed by atoms with van der Waals surface area (Å²) >= 11 is 1.17. The minimum atomic E-state index is -3.58.